The molecule has 0 aliphatic carbocycles. The molecule has 3 aromatic heterocycles. The zero-order valence-corrected chi connectivity index (χ0v) is 16.9. The first kappa shape index (κ1) is 18.7. The van der Waals surface area contributed by atoms with Crippen LogP contribution >= 0.6 is 0 Å². The minimum absolute atomic E-state index is 0.674. The zero-order valence-electron chi connectivity index (χ0n) is 16.9. The third kappa shape index (κ3) is 4.14. The van der Waals surface area contributed by atoms with Crippen LogP contribution in [0.15, 0.2) is 48.8 Å². The third-order valence-electron chi connectivity index (χ3n) is 5.24. The predicted molar refractivity (Wildman–Crippen MR) is 118 cm³/mol. The largest absolute Gasteiger partial charge is 0.324 e. The lowest BCUT2D eigenvalue weighted by Gasteiger charge is -2.27. The SMILES string of the molecule is Cc1nccc(-c2ccc3nc(Nc4cc(CN5CCNCC5)ccn4)[nH]c3c2)n1. The number of fused-ring (bicyclic) bond motifs is 1. The second kappa shape index (κ2) is 8.17. The van der Waals surface area contributed by atoms with Crippen LogP contribution in [0.3, 0.4) is 0 Å². The van der Waals surface area contributed by atoms with Crippen LogP contribution in [0.25, 0.3) is 22.3 Å². The Morgan fingerprint density at radius 1 is 1.00 bits per heavy atom. The minimum atomic E-state index is 0.674. The van der Waals surface area contributed by atoms with Gasteiger partial charge in [0.1, 0.15) is 11.6 Å². The number of piperazine rings is 1. The Kier molecular flexibility index (Phi) is 5.08. The van der Waals surface area contributed by atoms with Crippen molar-refractivity contribution in [3.63, 3.8) is 0 Å². The van der Waals surface area contributed by atoms with E-state index in [1.807, 2.05) is 31.3 Å². The van der Waals surface area contributed by atoms with Crippen LogP contribution < -0.4 is 10.6 Å². The number of aryl methyl sites for hydroxylation is 1. The molecular weight excluding hydrogens is 376 g/mol. The van der Waals surface area contributed by atoms with Gasteiger partial charge in [-0.05, 0) is 42.8 Å². The molecule has 152 valence electrons. The van der Waals surface area contributed by atoms with Gasteiger partial charge < -0.3 is 15.6 Å². The molecular formula is C22H24N8. The molecule has 1 fully saturated rings. The quantitative estimate of drug-likeness (QED) is 0.474. The fourth-order valence-electron chi connectivity index (χ4n) is 3.73. The van der Waals surface area contributed by atoms with Crippen LogP contribution in [-0.4, -0.2) is 56.0 Å². The van der Waals surface area contributed by atoms with Gasteiger partial charge in [0.15, 0.2) is 0 Å². The van der Waals surface area contributed by atoms with Crippen LogP contribution in [-0.2, 0) is 6.54 Å². The van der Waals surface area contributed by atoms with E-state index in [2.05, 4.69) is 58.7 Å². The second-order valence-corrected chi connectivity index (χ2v) is 7.51. The highest BCUT2D eigenvalue weighted by Crippen LogP contribution is 2.24. The summed E-state index contributed by atoms with van der Waals surface area (Å²) in [6.07, 6.45) is 3.62. The maximum atomic E-state index is 4.65. The van der Waals surface area contributed by atoms with Crippen molar-refractivity contribution in [1.82, 2.24) is 35.1 Å². The number of rotatable bonds is 5. The van der Waals surface area contributed by atoms with Crippen LogP contribution in [0.5, 0.6) is 0 Å². The van der Waals surface area contributed by atoms with Gasteiger partial charge in [0.05, 0.1) is 16.7 Å². The summed E-state index contributed by atoms with van der Waals surface area (Å²) < 4.78 is 0. The van der Waals surface area contributed by atoms with Gasteiger partial charge in [-0.15, -0.1) is 0 Å². The molecule has 4 aromatic rings. The number of aromatic amines is 1. The molecule has 4 heterocycles. The molecule has 0 unspecified atom stereocenters. The van der Waals surface area contributed by atoms with Crippen LogP contribution in [0.1, 0.15) is 11.4 Å². The molecule has 1 aromatic carbocycles. The number of benzene rings is 1. The van der Waals surface area contributed by atoms with E-state index >= 15 is 0 Å². The molecule has 0 atom stereocenters. The van der Waals surface area contributed by atoms with Crippen molar-refractivity contribution in [3.05, 3.63) is 60.2 Å². The topological polar surface area (TPSA) is 94.6 Å². The number of pyridine rings is 1. The van der Waals surface area contributed by atoms with Crippen molar-refractivity contribution >= 4 is 22.8 Å². The average molecular weight is 400 g/mol. The molecule has 3 N–H and O–H groups in total. The van der Waals surface area contributed by atoms with E-state index in [0.29, 0.717) is 5.95 Å². The summed E-state index contributed by atoms with van der Waals surface area (Å²) in [6.45, 7) is 7.06. The normalized spacial score (nSPS) is 14.8. The van der Waals surface area contributed by atoms with Gasteiger partial charge in [-0.25, -0.2) is 19.9 Å². The molecule has 1 saturated heterocycles. The Hall–Kier alpha value is -3.36. The van der Waals surface area contributed by atoms with Gasteiger partial charge in [0, 0.05) is 50.7 Å². The fraction of sp³-hybridized carbons (Fsp3) is 0.273. The number of nitrogens with zero attached hydrogens (tertiary/aromatic N) is 5. The highest BCUT2D eigenvalue weighted by Gasteiger charge is 2.11. The Morgan fingerprint density at radius 3 is 2.73 bits per heavy atom. The van der Waals surface area contributed by atoms with Crippen molar-refractivity contribution in [2.45, 2.75) is 13.5 Å². The number of aromatic nitrogens is 5. The highest BCUT2D eigenvalue weighted by molar-refractivity contribution is 5.83. The van der Waals surface area contributed by atoms with Crippen molar-refractivity contribution in [2.75, 3.05) is 31.5 Å². The van der Waals surface area contributed by atoms with Crippen LogP contribution in [0, 0.1) is 6.92 Å². The monoisotopic (exact) mass is 400 g/mol. The minimum Gasteiger partial charge on any atom is -0.324 e. The highest BCUT2D eigenvalue weighted by atomic mass is 15.2. The number of imidazole rings is 1. The standard InChI is InChI=1S/C22H24N8/c1-15-24-7-5-18(26-15)17-2-3-19-20(13-17)28-22(27-19)29-21-12-16(4-6-25-21)14-30-10-8-23-9-11-30/h2-7,12-13,23H,8-11,14H2,1H3,(H2,25,27,28,29). The van der Waals surface area contributed by atoms with Crippen molar-refractivity contribution in [2.24, 2.45) is 0 Å². The van der Waals surface area contributed by atoms with E-state index < -0.39 is 0 Å². The van der Waals surface area contributed by atoms with E-state index in [1.165, 1.54) is 5.56 Å². The Labute approximate surface area is 174 Å². The number of H-pyrrole nitrogens is 1. The first-order valence-electron chi connectivity index (χ1n) is 10.2. The molecule has 1 aliphatic rings. The molecule has 0 bridgehead atoms. The van der Waals surface area contributed by atoms with Gasteiger partial charge in [-0.2, -0.15) is 0 Å². The van der Waals surface area contributed by atoms with Gasteiger partial charge in [-0.3, -0.25) is 4.90 Å². The third-order valence-corrected chi connectivity index (χ3v) is 5.24. The second-order valence-electron chi connectivity index (χ2n) is 7.51. The lowest BCUT2D eigenvalue weighted by molar-refractivity contribution is 0.233. The predicted octanol–water partition coefficient (Wildman–Crippen LogP) is 2.87. The summed E-state index contributed by atoms with van der Waals surface area (Å²) in [6, 6.07) is 12.2. The number of hydrogen-bond acceptors (Lipinski definition) is 7. The Balaban J connectivity index is 1.34. The maximum absolute atomic E-state index is 4.65. The Morgan fingerprint density at radius 2 is 1.87 bits per heavy atom. The van der Waals surface area contributed by atoms with E-state index in [1.54, 1.807) is 6.20 Å². The van der Waals surface area contributed by atoms with Crippen molar-refractivity contribution in [3.8, 4) is 11.3 Å². The van der Waals surface area contributed by atoms with E-state index in [-0.39, 0.29) is 0 Å². The fourth-order valence-corrected chi connectivity index (χ4v) is 3.73. The smallest absolute Gasteiger partial charge is 0.206 e. The molecule has 1 aliphatic heterocycles. The molecule has 0 amide bonds. The van der Waals surface area contributed by atoms with Crippen LogP contribution in [0.2, 0.25) is 0 Å². The number of hydrogen-bond donors (Lipinski definition) is 3. The molecule has 0 spiro atoms. The maximum Gasteiger partial charge on any atom is 0.206 e. The molecule has 8 nitrogen and oxygen atoms in total. The van der Waals surface area contributed by atoms with Crippen molar-refractivity contribution < 1.29 is 0 Å². The summed E-state index contributed by atoms with van der Waals surface area (Å²) in [7, 11) is 0. The first-order chi connectivity index (χ1) is 14.7. The average Bonchev–Trinajstić information content (AvgIpc) is 3.16. The van der Waals surface area contributed by atoms with Crippen molar-refractivity contribution in [1.29, 1.82) is 0 Å². The summed E-state index contributed by atoms with van der Waals surface area (Å²) in [5.41, 5.74) is 5.01. The summed E-state index contributed by atoms with van der Waals surface area (Å²) in [4.78, 5) is 23.6. The summed E-state index contributed by atoms with van der Waals surface area (Å²) in [5.74, 6) is 2.22. The number of nitrogens with one attached hydrogen (secondary N) is 3. The zero-order chi connectivity index (χ0) is 20.3. The van der Waals surface area contributed by atoms with E-state index in [0.717, 1.165) is 66.7 Å². The summed E-state index contributed by atoms with van der Waals surface area (Å²) in [5, 5.41) is 6.69. The van der Waals surface area contributed by atoms with Gasteiger partial charge in [0.2, 0.25) is 5.95 Å². The van der Waals surface area contributed by atoms with Gasteiger partial charge in [-0.1, -0.05) is 6.07 Å². The Bertz CT molecular complexity index is 1160. The van der Waals surface area contributed by atoms with E-state index in [4.69, 9.17) is 0 Å². The lowest BCUT2D eigenvalue weighted by Crippen LogP contribution is -2.42. The lowest BCUT2D eigenvalue weighted by atomic mass is 10.1. The van der Waals surface area contributed by atoms with E-state index in [9.17, 15) is 0 Å². The number of anilines is 2. The molecule has 8 heteroatoms. The van der Waals surface area contributed by atoms with Crippen LogP contribution in [0.4, 0.5) is 11.8 Å². The molecule has 0 radical (unpaired) electrons. The molecule has 0 saturated carbocycles. The molecule has 5 rings (SSSR count). The van der Waals surface area contributed by atoms with Gasteiger partial charge >= 0.3 is 0 Å². The van der Waals surface area contributed by atoms with Gasteiger partial charge in [0.25, 0.3) is 0 Å². The summed E-state index contributed by atoms with van der Waals surface area (Å²) >= 11 is 0. The molecule has 30 heavy (non-hydrogen) atoms. The first-order valence-corrected chi connectivity index (χ1v) is 10.2.